The van der Waals surface area contributed by atoms with Crippen molar-refractivity contribution in [2.75, 3.05) is 13.2 Å². The van der Waals surface area contributed by atoms with E-state index in [1.165, 1.54) is 250 Å². The summed E-state index contributed by atoms with van der Waals surface area (Å²) in [5.41, 5.74) is 0. The lowest BCUT2D eigenvalue weighted by molar-refractivity contribution is -0.167. The summed E-state index contributed by atoms with van der Waals surface area (Å²) < 4.78 is 16.9. The molecule has 6 nitrogen and oxygen atoms in total. The molecule has 1 atom stereocenters. The third kappa shape index (κ3) is 55.3. The molecule has 0 unspecified atom stereocenters. The van der Waals surface area contributed by atoms with E-state index in [4.69, 9.17) is 14.2 Å². The van der Waals surface area contributed by atoms with Crippen LogP contribution in [0.2, 0.25) is 0 Å². The minimum absolute atomic E-state index is 0.0614. The number of hydrogen-bond acceptors (Lipinski definition) is 6. The summed E-state index contributed by atoms with van der Waals surface area (Å²) in [7, 11) is 0. The van der Waals surface area contributed by atoms with E-state index in [1.54, 1.807) is 0 Å². The van der Waals surface area contributed by atoms with Crippen LogP contribution in [0, 0.1) is 5.92 Å². The van der Waals surface area contributed by atoms with Gasteiger partial charge in [-0.15, -0.1) is 0 Å². The van der Waals surface area contributed by atoms with Gasteiger partial charge in [0, 0.05) is 19.3 Å². The van der Waals surface area contributed by atoms with Crippen molar-refractivity contribution >= 4 is 17.9 Å². The van der Waals surface area contributed by atoms with Crippen molar-refractivity contribution in [2.24, 2.45) is 5.92 Å². The van der Waals surface area contributed by atoms with Gasteiger partial charge in [0.25, 0.3) is 0 Å². The minimum Gasteiger partial charge on any atom is -0.462 e. The smallest absolute Gasteiger partial charge is 0.306 e. The van der Waals surface area contributed by atoms with Crippen LogP contribution in [0.5, 0.6) is 0 Å². The zero-order valence-corrected chi connectivity index (χ0v) is 46.6. The molecular formula is C62H120O6. The first-order valence-electron chi connectivity index (χ1n) is 30.9. The van der Waals surface area contributed by atoms with Crippen LogP contribution in [0.25, 0.3) is 0 Å². The van der Waals surface area contributed by atoms with Crippen molar-refractivity contribution in [1.82, 2.24) is 0 Å². The first-order valence-corrected chi connectivity index (χ1v) is 30.9. The summed E-state index contributed by atoms with van der Waals surface area (Å²) in [6.45, 7) is 9.08. The lowest BCUT2D eigenvalue weighted by Gasteiger charge is -2.18. The molecular weight excluding hydrogens is 841 g/mol. The van der Waals surface area contributed by atoms with Crippen LogP contribution in [0.15, 0.2) is 0 Å². The van der Waals surface area contributed by atoms with E-state index in [9.17, 15) is 14.4 Å². The number of unbranched alkanes of at least 4 members (excludes halogenated alkanes) is 44. The predicted octanol–water partition coefficient (Wildman–Crippen LogP) is 20.6. The molecule has 0 aromatic carbocycles. The van der Waals surface area contributed by atoms with Crippen LogP contribution in [-0.2, 0) is 28.6 Å². The fourth-order valence-electron chi connectivity index (χ4n) is 9.63. The van der Waals surface area contributed by atoms with Gasteiger partial charge in [0.05, 0.1) is 0 Å². The Kier molecular flexibility index (Phi) is 55.0. The van der Waals surface area contributed by atoms with Gasteiger partial charge in [-0.05, 0) is 25.2 Å². The molecule has 0 aliphatic carbocycles. The van der Waals surface area contributed by atoms with Gasteiger partial charge in [-0.2, -0.15) is 0 Å². The van der Waals surface area contributed by atoms with Gasteiger partial charge in [0.15, 0.2) is 6.10 Å². The van der Waals surface area contributed by atoms with Crippen molar-refractivity contribution in [3.05, 3.63) is 0 Å². The average molecular weight is 962 g/mol. The second-order valence-electron chi connectivity index (χ2n) is 21.8. The number of carbonyl (C=O) groups is 3. The zero-order valence-electron chi connectivity index (χ0n) is 46.6. The molecule has 0 radical (unpaired) electrons. The summed E-state index contributed by atoms with van der Waals surface area (Å²) >= 11 is 0. The summed E-state index contributed by atoms with van der Waals surface area (Å²) in [5.74, 6) is 0.00810. The van der Waals surface area contributed by atoms with E-state index < -0.39 is 6.10 Å². The SMILES string of the molecule is CCCCCCCCCCCCCCCCCCCCC(=O)OC[C@H](COC(=O)CCCCCCCCCCCCCCCCCC)OC(=O)CCCCCCCCCCCCCCCC(C)C. The van der Waals surface area contributed by atoms with Crippen LogP contribution in [-0.4, -0.2) is 37.2 Å². The predicted molar refractivity (Wildman–Crippen MR) is 293 cm³/mol. The molecule has 0 aromatic heterocycles. The second kappa shape index (κ2) is 56.3. The Bertz CT molecular complexity index is 1030. The largest absolute Gasteiger partial charge is 0.462 e. The average Bonchev–Trinajstić information content (AvgIpc) is 3.32. The molecule has 0 N–H and O–H groups in total. The van der Waals surface area contributed by atoms with E-state index in [0.717, 1.165) is 63.7 Å². The van der Waals surface area contributed by atoms with E-state index in [1.807, 2.05) is 0 Å². The number of carbonyl (C=O) groups excluding carboxylic acids is 3. The van der Waals surface area contributed by atoms with Crippen LogP contribution in [0.3, 0.4) is 0 Å². The van der Waals surface area contributed by atoms with E-state index in [-0.39, 0.29) is 31.1 Å². The molecule has 0 amide bonds. The van der Waals surface area contributed by atoms with Crippen LogP contribution >= 0.6 is 0 Å². The topological polar surface area (TPSA) is 78.9 Å². The van der Waals surface area contributed by atoms with Crippen molar-refractivity contribution in [1.29, 1.82) is 0 Å². The van der Waals surface area contributed by atoms with Gasteiger partial charge in [-0.25, -0.2) is 0 Å². The standard InChI is InChI=1S/C62H120O6/c1-5-7-9-11-13-15-17-19-21-23-24-26-30-34-38-42-46-50-54-61(64)67-57-59(68-62(65)55-51-47-43-39-35-31-27-28-32-36-40-44-48-52-58(3)4)56-66-60(63)53-49-45-41-37-33-29-25-22-20-18-16-14-12-10-8-6-2/h58-59H,5-57H2,1-4H3/t59-/m0/s1. The molecule has 0 aromatic rings. The summed E-state index contributed by atoms with van der Waals surface area (Å²) in [6, 6.07) is 0. The molecule has 6 heteroatoms. The highest BCUT2D eigenvalue weighted by Gasteiger charge is 2.19. The maximum absolute atomic E-state index is 12.9. The molecule has 0 fully saturated rings. The summed E-state index contributed by atoms with van der Waals surface area (Å²) in [6.07, 6.45) is 62.4. The molecule has 68 heavy (non-hydrogen) atoms. The maximum atomic E-state index is 12.9. The van der Waals surface area contributed by atoms with Gasteiger partial charge in [-0.1, -0.05) is 317 Å². The van der Waals surface area contributed by atoms with Gasteiger partial charge < -0.3 is 14.2 Å². The van der Waals surface area contributed by atoms with Crippen LogP contribution in [0.4, 0.5) is 0 Å². The molecule has 0 rings (SSSR count). The molecule has 0 heterocycles. The van der Waals surface area contributed by atoms with Crippen molar-refractivity contribution < 1.29 is 28.6 Å². The zero-order chi connectivity index (χ0) is 49.5. The molecule has 0 spiro atoms. The second-order valence-corrected chi connectivity index (χ2v) is 21.8. The molecule has 0 bridgehead atoms. The number of hydrogen-bond donors (Lipinski definition) is 0. The Morgan fingerprint density at radius 3 is 0.721 bits per heavy atom. The Hall–Kier alpha value is -1.59. The minimum atomic E-state index is -0.762. The third-order valence-electron chi connectivity index (χ3n) is 14.3. The normalized spacial score (nSPS) is 12.0. The van der Waals surface area contributed by atoms with Crippen molar-refractivity contribution in [2.45, 2.75) is 361 Å². The highest BCUT2D eigenvalue weighted by atomic mass is 16.6. The monoisotopic (exact) mass is 961 g/mol. The first-order chi connectivity index (χ1) is 33.4. The van der Waals surface area contributed by atoms with Gasteiger partial charge >= 0.3 is 17.9 Å². The Morgan fingerprint density at radius 2 is 0.485 bits per heavy atom. The molecule has 0 aliphatic heterocycles. The van der Waals surface area contributed by atoms with Crippen molar-refractivity contribution in [3.8, 4) is 0 Å². The van der Waals surface area contributed by atoms with Crippen LogP contribution < -0.4 is 0 Å². The van der Waals surface area contributed by atoms with Crippen LogP contribution in [0.1, 0.15) is 355 Å². The fraction of sp³-hybridized carbons (Fsp3) is 0.952. The number of esters is 3. The lowest BCUT2D eigenvalue weighted by Crippen LogP contribution is -2.30. The fourth-order valence-corrected chi connectivity index (χ4v) is 9.63. The molecule has 0 saturated heterocycles. The summed E-state index contributed by atoms with van der Waals surface area (Å²) in [5, 5.41) is 0. The molecule has 0 saturated carbocycles. The maximum Gasteiger partial charge on any atom is 0.306 e. The molecule has 0 aliphatic rings. The number of ether oxygens (including phenoxy) is 3. The van der Waals surface area contributed by atoms with Crippen molar-refractivity contribution in [3.63, 3.8) is 0 Å². The highest BCUT2D eigenvalue weighted by Crippen LogP contribution is 2.18. The van der Waals surface area contributed by atoms with E-state index >= 15 is 0 Å². The van der Waals surface area contributed by atoms with Gasteiger partial charge in [0.2, 0.25) is 0 Å². The molecule has 404 valence electrons. The van der Waals surface area contributed by atoms with Gasteiger partial charge in [-0.3, -0.25) is 14.4 Å². The Labute approximate surface area is 425 Å². The Balaban J connectivity index is 4.29. The first kappa shape index (κ1) is 66.4. The Morgan fingerprint density at radius 1 is 0.279 bits per heavy atom. The lowest BCUT2D eigenvalue weighted by atomic mass is 10.0. The highest BCUT2D eigenvalue weighted by molar-refractivity contribution is 5.71. The van der Waals surface area contributed by atoms with E-state index in [0.29, 0.717) is 19.3 Å². The summed E-state index contributed by atoms with van der Waals surface area (Å²) in [4.78, 5) is 38.2. The number of rotatable bonds is 57. The van der Waals surface area contributed by atoms with E-state index in [2.05, 4.69) is 27.7 Å². The quantitative estimate of drug-likeness (QED) is 0.0343. The third-order valence-corrected chi connectivity index (χ3v) is 14.3. The van der Waals surface area contributed by atoms with Gasteiger partial charge in [0.1, 0.15) is 13.2 Å².